The second kappa shape index (κ2) is 8.30. The number of esters is 1. The van der Waals surface area contributed by atoms with Crippen molar-refractivity contribution in [2.24, 2.45) is 23.7 Å². The zero-order valence-electron chi connectivity index (χ0n) is 16.6. The number of ether oxygens (including phenoxy) is 1. The molecule has 2 N–H and O–H groups in total. The quantitative estimate of drug-likeness (QED) is 0.414. The number of aryl methyl sites for hydroxylation is 1. The molecular weight excluding hydrogens is 390 g/mol. The summed E-state index contributed by atoms with van der Waals surface area (Å²) in [4.78, 5) is 38.8. The molecular formula is C22H27NO5S. The average molecular weight is 418 g/mol. The first kappa shape index (κ1) is 20.1. The van der Waals surface area contributed by atoms with E-state index in [2.05, 4.69) is 5.32 Å². The van der Waals surface area contributed by atoms with Crippen LogP contribution in [0.5, 0.6) is 0 Å². The van der Waals surface area contributed by atoms with Gasteiger partial charge < -0.3 is 15.2 Å². The van der Waals surface area contributed by atoms with Gasteiger partial charge in [-0.1, -0.05) is 25.5 Å². The molecule has 0 radical (unpaired) electrons. The third-order valence-corrected chi connectivity index (χ3v) is 7.55. The lowest BCUT2D eigenvalue weighted by Gasteiger charge is -2.23. The van der Waals surface area contributed by atoms with Gasteiger partial charge in [0.2, 0.25) is 5.91 Å². The maximum Gasteiger partial charge on any atom is 0.341 e. The largest absolute Gasteiger partial charge is 0.481 e. The molecule has 3 aliphatic carbocycles. The summed E-state index contributed by atoms with van der Waals surface area (Å²) in [6.45, 7) is 2.29. The minimum absolute atomic E-state index is 0.0469. The molecule has 4 rings (SSSR count). The number of allylic oxidation sites excluding steroid dienone is 2. The van der Waals surface area contributed by atoms with E-state index < -0.39 is 17.8 Å². The number of fused-ring (bicyclic) bond motifs is 3. The van der Waals surface area contributed by atoms with E-state index in [1.54, 1.807) is 0 Å². The van der Waals surface area contributed by atoms with Crippen molar-refractivity contribution in [3.8, 4) is 0 Å². The zero-order valence-corrected chi connectivity index (χ0v) is 17.4. The van der Waals surface area contributed by atoms with Crippen molar-refractivity contribution in [3.05, 3.63) is 28.2 Å². The van der Waals surface area contributed by atoms with Gasteiger partial charge in [0.25, 0.3) is 0 Å². The van der Waals surface area contributed by atoms with Gasteiger partial charge in [0.05, 0.1) is 24.0 Å². The molecule has 29 heavy (non-hydrogen) atoms. The number of carboxylic acid groups (broad SMARTS) is 1. The summed E-state index contributed by atoms with van der Waals surface area (Å²) >= 11 is 1.46. The van der Waals surface area contributed by atoms with Crippen molar-refractivity contribution in [2.75, 3.05) is 11.9 Å². The van der Waals surface area contributed by atoms with Crippen molar-refractivity contribution in [1.29, 1.82) is 0 Å². The average Bonchev–Trinajstić information content (AvgIpc) is 3.35. The molecule has 1 aromatic rings. The molecule has 0 spiro atoms. The highest BCUT2D eigenvalue weighted by molar-refractivity contribution is 7.17. The van der Waals surface area contributed by atoms with Crippen LogP contribution in [0.4, 0.5) is 5.00 Å². The second-order valence-corrected chi connectivity index (χ2v) is 9.34. The first-order valence-electron chi connectivity index (χ1n) is 10.5. The van der Waals surface area contributed by atoms with Crippen LogP contribution < -0.4 is 5.32 Å². The van der Waals surface area contributed by atoms with Gasteiger partial charge in [-0.25, -0.2) is 4.79 Å². The Labute approximate surface area is 174 Å². The lowest BCUT2D eigenvalue weighted by molar-refractivity contribution is -0.146. The van der Waals surface area contributed by atoms with Crippen LogP contribution in [0, 0.1) is 23.7 Å². The van der Waals surface area contributed by atoms with Gasteiger partial charge in [-0.2, -0.15) is 0 Å². The van der Waals surface area contributed by atoms with Gasteiger partial charge in [0.15, 0.2) is 0 Å². The van der Waals surface area contributed by atoms with Gasteiger partial charge in [0.1, 0.15) is 5.00 Å². The smallest absolute Gasteiger partial charge is 0.341 e. The topological polar surface area (TPSA) is 92.7 Å². The molecule has 2 bridgehead atoms. The molecule has 0 saturated heterocycles. The number of amides is 1. The summed E-state index contributed by atoms with van der Waals surface area (Å²) in [5.74, 6) is -3.02. The molecule has 1 heterocycles. The van der Waals surface area contributed by atoms with Crippen LogP contribution >= 0.6 is 11.3 Å². The van der Waals surface area contributed by atoms with Crippen molar-refractivity contribution in [3.63, 3.8) is 0 Å². The lowest BCUT2D eigenvalue weighted by atomic mass is 9.82. The molecule has 6 nitrogen and oxygen atoms in total. The predicted molar refractivity (Wildman–Crippen MR) is 110 cm³/mol. The van der Waals surface area contributed by atoms with Gasteiger partial charge >= 0.3 is 11.9 Å². The van der Waals surface area contributed by atoms with E-state index in [0.717, 1.165) is 49.0 Å². The van der Waals surface area contributed by atoms with Crippen LogP contribution in [0.25, 0.3) is 0 Å². The van der Waals surface area contributed by atoms with E-state index in [0.29, 0.717) is 23.6 Å². The van der Waals surface area contributed by atoms with Gasteiger partial charge in [-0.15, -0.1) is 11.3 Å². The van der Waals surface area contributed by atoms with Crippen LogP contribution in [0.2, 0.25) is 0 Å². The van der Waals surface area contributed by atoms with Gasteiger partial charge in [-0.3, -0.25) is 9.59 Å². The van der Waals surface area contributed by atoms with Crippen LogP contribution in [0.3, 0.4) is 0 Å². The number of thiophene rings is 1. The Balaban J connectivity index is 1.62. The molecule has 1 aromatic heterocycles. The fourth-order valence-electron chi connectivity index (χ4n) is 5.03. The monoisotopic (exact) mass is 417 g/mol. The summed E-state index contributed by atoms with van der Waals surface area (Å²) in [6, 6.07) is 0. The molecule has 7 heteroatoms. The lowest BCUT2D eigenvalue weighted by Crippen LogP contribution is -2.36. The summed E-state index contributed by atoms with van der Waals surface area (Å²) in [5.41, 5.74) is 1.49. The summed E-state index contributed by atoms with van der Waals surface area (Å²) in [7, 11) is 0. The number of hydrogen-bond acceptors (Lipinski definition) is 5. The van der Waals surface area contributed by atoms with Crippen LogP contribution in [0.15, 0.2) is 12.2 Å². The number of anilines is 1. The number of carbonyl (C=O) groups is 3. The minimum atomic E-state index is -0.924. The Kier molecular flexibility index (Phi) is 5.76. The Morgan fingerprint density at radius 3 is 2.59 bits per heavy atom. The number of nitrogens with one attached hydrogen (secondary N) is 1. The molecule has 1 amide bonds. The van der Waals surface area contributed by atoms with E-state index in [1.165, 1.54) is 11.3 Å². The number of hydrogen-bond donors (Lipinski definition) is 2. The minimum Gasteiger partial charge on any atom is -0.481 e. The first-order valence-corrected chi connectivity index (χ1v) is 11.4. The number of carbonyl (C=O) groups excluding carboxylic acids is 2. The Morgan fingerprint density at radius 1 is 1.14 bits per heavy atom. The van der Waals surface area contributed by atoms with E-state index in [9.17, 15) is 19.5 Å². The summed E-state index contributed by atoms with van der Waals surface area (Å²) in [5, 5.41) is 13.1. The number of rotatable bonds is 6. The number of aliphatic carboxylic acids is 1. The Hall–Kier alpha value is -2.15. The van der Waals surface area contributed by atoms with E-state index >= 15 is 0 Å². The molecule has 4 atom stereocenters. The Bertz CT molecular complexity index is 858. The van der Waals surface area contributed by atoms with Crippen LogP contribution in [-0.2, 0) is 27.2 Å². The fourth-order valence-corrected chi connectivity index (χ4v) is 6.31. The molecule has 156 valence electrons. The van der Waals surface area contributed by atoms with Crippen molar-refractivity contribution in [1.82, 2.24) is 0 Å². The standard InChI is InChI=1S/C22H27NO5S/c1-2-10-28-22(27)18-14-6-4-3-5-7-15(14)29-20(18)23-19(24)16-12-8-9-13(11-12)17(16)21(25)26/h8-9,12-13,16-17H,2-7,10-11H2,1H3,(H,23,24)(H,25,26)/t12-,13-,16-,17-/m0/s1. The molecule has 1 saturated carbocycles. The van der Waals surface area contributed by atoms with E-state index in [-0.39, 0.29) is 23.7 Å². The molecule has 1 fully saturated rings. The van der Waals surface area contributed by atoms with E-state index in [1.807, 2.05) is 19.1 Å². The molecule has 0 aliphatic heterocycles. The van der Waals surface area contributed by atoms with Crippen LogP contribution in [-0.4, -0.2) is 29.6 Å². The maximum absolute atomic E-state index is 13.1. The van der Waals surface area contributed by atoms with Gasteiger partial charge in [0, 0.05) is 4.88 Å². The molecule has 0 aromatic carbocycles. The normalized spacial score (nSPS) is 27.3. The highest BCUT2D eigenvalue weighted by atomic mass is 32.1. The van der Waals surface area contributed by atoms with Gasteiger partial charge in [-0.05, 0) is 55.9 Å². The highest BCUT2D eigenvalue weighted by Gasteiger charge is 2.51. The fraction of sp³-hybridized carbons (Fsp3) is 0.591. The van der Waals surface area contributed by atoms with Crippen molar-refractivity contribution < 1.29 is 24.2 Å². The predicted octanol–water partition coefficient (Wildman–Crippen LogP) is 4.05. The van der Waals surface area contributed by atoms with Crippen LogP contribution in [0.1, 0.15) is 59.8 Å². The van der Waals surface area contributed by atoms with Crippen molar-refractivity contribution in [2.45, 2.75) is 51.9 Å². The maximum atomic E-state index is 13.1. The summed E-state index contributed by atoms with van der Waals surface area (Å²) in [6.07, 6.45) is 10.3. The Morgan fingerprint density at radius 2 is 1.86 bits per heavy atom. The zero-order chi connectivity index (χ0) is 20.5. The third-order valence-electron chi connectivity index (χ3n) is 6.35. The number of carboxylic acids is 1. The molecule has 0 unspecified atom stereocenters. The third kappa shape index (κ3) is 3.72. The highest BCUT2D eigenvalue weighted by Crippen LogP contribution is 2.49. The van der Waals surface area contributed by atoms with Crippen molar-refractivity contribution >= 4 is 34.2 Å². The first-order chi connectivity index (χ1) is 14.0. The SMILES string of the molecule is CCCOC(=O)c1c(NC(=O)[C@@H]2[C@@H](C(=O)O)[C@H]3C=C[C@H]2C3)sc2c1CCCCC2. The van der Waals surface area contributed by atoms with E-state index in [4.69, 9.17) is 4.74 Å². The second-order valence-electron chi connectivity index (χ2n) is 8.23. The molecule has 3 aliphatic rings. The summed E-state index contributed by atoms with van der Waals surface area (Å²) < 4.78 is 5.41.